The van der Waals surface area contributed by atoms with Crippen LogP contribution in [0.4, 0.5) is 0 Å². The number of nitrogens with zero attached hydrogens (tertiary/aromatic N) is 2. The smallest absolute Gasteiger partial charge is 0.268 e. The van der Waals surface area contributed by atoms with Crippen molar-refractivity contribution in [2.75, 3.05) is 26.1 Å². The molecular formula is C19H27N3O3S. The highest BCUT2D eigenvalue weighted by Crippen LogP contribution is 2.31. The summed E-state index contributed by atoms with van der Waals surface area (Å²) in [6, 6.07) is -2.21. The first-order chi connectivity index (χ1) is 17.8. The Labute approximate surface area is 177 Å². The van der Waals surface area contributed by atoms with Gasteiger partial charge in [0.2, 0.25) is 0 Å². The summed E-state index contributed by atoms with van der Waals surface area (Å²) in [5.74, 6) is -2.35. The summed E-state index contributed by atoms with van der Waals surface area (Å²) >= 11 is 0.644. The van der Waals surface area contributed by atoms with Crippen LogP contribution in [0.3, 0.4) is 0 Å². The standard InChI is InChI=1S/C19H27N3O3S/c1-13(2)22-18(25)15(16(23)14-7-12-26-19(14)22)17(24)20-8-6-11-21-9-4-3-5-10-21/h7,12-13,23H,3-6,8-11H2,1-2H3,(H,20,24)/i3D2,4D2,5D2,7D,9D2,10D2,12D,13D/hD. The molecule has 0 spiro atoms. The largest absolute Gasteiger partial charge is 0.506 e. The molecule has 3 rings (SSSR count). The minimum Gasteiger partial charge on any atom is -0.506 e. The first-order valence-corrected chi connectivity index (χ1v) is 8.58. The lowest BCUT2D eigenvalue weighted by Crippen LogP contribution is -2.36. The molecule has 1 aliphatic rings. The van der Waals surface area contributed by atoms with Crippen LogP contribution >= 0.6 is 11.3 Å². The topological polar surface area (TPSA) is 74.6 Å². The van der Waals surface area contributed by atoms with Crippen molar-refractivity contribution in [3.63, 3.8) is 0 Å². The molecule has 26 heavy (non-hydrogen) atoms. The number of pyridine rings is 1. The van der Waals surface area contributed by atoms with Gasteiger partial charge in [0.25, 0.3) is 11.5 Å². The molecule has 6 nitrogen and oxygen atoms in total. The summed E-state index contributed by atoms with van der Waals surface area (Å²) in [5, 5.41) is 10.2. The number of aromatic nitrogens is 1. The second-order valence-electron chi connectivity index (χ2n) is 5.61. The van der Waals surface area contributed by atoms with E-state index < -0.39 is 86.5 Å². The zero-order chi connectivity index (χ0) is 31.2. The summed E-state index contributed by atoms with van der Waals surface area (Å²) in [5.41, 5.74) is -2.13. The van der Waals surface area contributed by atoms with Crippen LogP contribution in [0.25, 0.3) is 10.2 Å². The van der Waals surface area contributed by atoms with Crippen molar-refractivity contribution in [3.8, 4) is 5.75 Å². The highest BCUT2D eigenvalue weighted by Gasteiger charge is 2.23. The van der Waals surface area contributed by atoms with Crippen molar-refractivity contribution in [2.45, 2.75) is 45.4 Å². The van der Waals surface area contributed by atoms with E-state index in [2.05, 4.69) is 0 Å². The number of aromatic hydroxyl groups is 1. The fourth-order valence-corrected chi connectivity index (χ4v) is 3.28. The predicted molar refractivity (Wildman–Crippen MR) is 105 cm³/mol. The van der Waals surface area contributed by atoms with E-state index in [-0.39, 0.29) is 25.8 Å². The molecule has 1 fully saturated rings. The molecule has 142 valence electrons. The lowest BCUT2D eigenvalue weighted by molar-refractivity contribution is 0.0946. The van der Waals surface area contributed by atoms with Crippen LogP contribution in [0.15, 0.2) is 16.2 Å². The zero-order valence-electron chi connectivity index (χ0n) is 28.1. The monoisotopic (exact) mass is 391 g/mol. The van der Waals surface area contributed by atoms with Crippen LogP contribution in [0.1, 0.15) is 73.6 Å². The third kappa shape index (κ3) is 3.78. The number of rotatable bonds is 6. The number of likely N-dealkylation sites (tertiary alicyclic amines) is 1. The molecule has 1 aliphatic heterocycles. The van der Waals surface area contributed by atoms with E-state index >= 15 is 0 Å². The van der Waals surface area contributed by atoms with Gasteiger partial charge < -0.3 is 15.3 Å². The van der Waals surface area contributed by atoms with Gasteiger partial charge in [-0.25, -0.2) is 0 Å². The molecule has 2 aromatic heterocycles. The van der Waals surface area contributed by atoms with Crippen LogP contribution in [-0.4, -0.2) is 46.6 Å². The molecule has 0 aliphatic carbocycles. The second-order valence-corrected chi connectivity index (χ2v) is 6.41. The summed E-state index contributed by atoms with van der Waals surface area (Å²) < 4.78 is 113. The molecule has 1 amide bonds. The third-order valence-corrected chi connectivity index (χ3v) is 4.38. The summed E-state index contributed by atoms with van der Waals surface area (Å²) in [6.07, 6.45) is -11.1. The van der Waals surface area contributed by atoms with Crippen molar-refractivity contribution < 1.29 is 29.1 Å². The predicted octanol–water partition coefficient (Wildman–Crippen LogP) is 2.96. The number of carbonyl (C=O) groups is 1. The Hall–Kier alpha value is -1.86. The van der Waals surface area contributed by atoms with Crippen LogP contribution in [0.2, 0.25) is 1.41 Å². The number of carbonyl (C=O) groups excluding carboxylic acids is 1. The number of thiophene rings is 1. The number of fused-ring (bicyclic) bond motifs is 1. The molecule has 1 saturated heterocycles. The van der Waals surface area contributed by atoms with E-state index in [1.807, 2.05) is 0 Å². The van der Waals surface area contributed by atoms with Gasteiger partial charge in [-0.2, -0.15) is 0 Å². The number of hydrogen-bond acceptors (Lipinski definition) is 5. The highest BCUT2D eigenvalue weighted by molar-refractivity contribution is 7.16. The minimum absolute atomic E-state index is 0.0939. The van der Waals surface area contributed by atoms with E-state index in [0.717, 1.165) is 4.57 Å². The van der Waals surface area contributed by atoms with E-state index in [4.69, 9.17) is 19.2 Å². The Kier molecular flexibility index (Phi) is 2.54. The lowest BCUT2D eigenvalue weighted by atomic mass is 10.1. The molecule has 0 bridgehead atoms. The third-order valence-electron chi connectivity index (χ3n) is 3.59. The first-order valence-electron chi connectivity index (χ1n) is 14.7. The lowest BCUT2D eigenvalue weighted by Gasteiger charge is -2.26. The van der Waals surface area contributed by atoms with Gasteiger partial charge in [0.05, 0.1) is 9.50 Å². The maximum Gasteiger partial charge on any atom is 0.268 e. The second kappa shape index (κ2) is 8.22. The molecule has 0 saturated carbocycles. The van der Waals surface area contributed by atoms with Gasteiger partial charge in [0.1, 0.15) is 16.1 Å². The van der Waals surface area contributed by atoms with Crippen molar-refractivity contribution in [1.82, 2.24) is 14.8 Å². The maximum atomic E-state index is 13.2. The fraction of sp³-hybridized carbons (Fsp3) is 0.579. The molecule has 2 N–H and O–H groups in total. The Morgan fingerprint density at radius 1 is 1.50 bits per heavy atom. The summed E-state index contributed by atoms with van der Waals surface area (Å²) in [4.78, 5) is 26.4. The number of piperidine rings is 1. The minimum atomic E-state index is -3.58. The molecule has 0 radical (unpaired) electrons. The Morgan fingerprint density at radius 2 is 2.23 bits per heavy atom. The Morgan fingerprint density at radius 3 is 2.92 bits per heavy atom. The maximum absolute atomic E-state index is 13.2. The molecule has 7 heteroatoms. The van der Waals surface area contributed by atoms with E-state index in [9.17, 15) is 14.7 Å². The van der Waals surface area contributed by atoms with E-state index in [1.54, 1.807) is 0 Å². The number of hydrogen-bond donors (Lipinski definition) is 2. The fourth-order valence-electron chi connectivity index (χ4n) is 2.43. The van der Waals surface area contributed by atoms with Gasteiger partial charge in [0, 0.05) is 26.3 Å². The van der Waals surface area contributed by atoms with Crippen LogP contribution < -0.4 is 10.9 Å². The van der Waals surface area contributed by atoms with Crippen molar-refractivity contribution in [3.05, 3.63) is 27.3 Å². The van der Waals surface area contributed by atoms with Gasteiger partial charge >= 0.3 is 0 Å². The summed E-state index contributed by atoms with van der Waals surface area (Å²) in [6.45, 7) is -5.57. The first kappa shape index (κ1) is 8.02. The van der Waals surface area contributed by atoms with Gasteiger partial charge in [-0.05, 0) is 64.0 Å². The molecular weight excluding hydrogens is 350 g/mol. The van der Waals surface area contributed by atoms with Gasteiger partial charge in [-0.1, -0.05) is 6.37 Å². The normalized spacial score (nSPS) is 33.6. The molecule has 0 aromatic carbocycles. The molecule has 0 unspecified atom stereocenters. The quantitative estimate of drug-likeness (QED) is 0.794. The molecule has 3 heterocycles. The average molecular weight is 392 g/mol. The van der Waals surface area contributed by atoms with Gasteiger partial charge in [-0.3, -0.25) is 14.2 Å². The number of amides is 1. The van der Waals surface area contributed by atoms with E-state index in [0.29, 0.717) is 11.3 Å². The average Bonchev–Trinajstić information content (AvgIpc) is 3.07. The SMILES string of the molecule is [2H]c1sc2c(c1[2H])c(O)c(C(=O)N([2H])CCCN1C([2H])([2H])C([2H])([2H])C([2H])([2H])C([2H])([2H])C1([2H])[2H])c(=O)n2C([2H])(C)C. The molecule has 2 aromatic rings. The number of nitrogens with one attached hydrogen (secondary N) is 1. The Bertz CT molecular complexity index is 1380. The Balaban J connectivity index is 1.96. The van der Waals surface area contributed by atoms with Gasteiger partial charge in [0.15, 0.2) is 1.41 Å². The van der Waals surface area contributed by atoms with Crippen LogP contribution in [-0.2, 0) is 0 Å². The van der Waals surface area contributed by atoms with Crippen molar-refractivity contribution in [2.24, 2.45) is 0 Å². The van der Waals surface area contributed by atoms with E-state index in [1.165, 1.54) is 13.8 Å². The highest BCUT2D eigenvalue weighted by atomic mass is 32.1. The molecule has 0 atom stereocenters. The van der Waals surface area contributed by atoms with Crippen LogP contribution in [0, 0.1) is 0 Å². The zero-order valence-corrected chi connectivity index (χ0v) is 15.0. The summed E-state index contributed by atoms with van der Waals surface area (Å²) in [7, 11) is 0. The van der Waals surface area contributed by atoms with Crippen molar-refractivity contribution >= 4 is 27.5 Å². The van der Waals surface area contributed by atoms with Crippen molar-refractivity contribution in [1.29, 1.82) is 0 Å². The van der Waals surface area contributed by atoms with Gasteiger partial charge in [-0.15, -0.1) is 11.3 Å². The van der Waals surface area contributed by atoms with Crippen LogP contribution in [0.5, 0.6) is 5.75 Å².